The van der Waals surface area contributed by atoms with Gasteiger partial charge in [-0.2, -0.15) is 0 Å². The lowest BCUT2D eigenvalue weighted by molar-refractivity contribution is -0.132. The van der Waals surface area contributed by atoms with E-state index in [4.69, 9.17) is 15.6 Å². The fourth-order valence-corrected chi connectivity index (χ4v) is 1.39. The third-order valence-corrected chi connectivity index (χ3v) is 2.48. The summed E-state index contributed by atoms with van der Waals surface area (Å²) in [5.41, 5.74) is 5.03. The Morgan fingerprint density at radius 3 is 2.20 bits per heavy atom. The number of primary sulfonamides is 1. The highest BCUT2D eigenvalue weighted by Gasteiger charge is 2.08. The van der Waals surface area contributed by atoms with Crippen LogP contribution in [-0.4, -0.2) is 20.9 Å². The van der Waals surface area contributed by atoms with Crippen LogP contribution in [0.1, 0.15) is 0 Å². The minimum atomic E-state index is -3.72. The fourth-order valence-electron chi connectivity index (χ4n) is 0.870. The van der Waals surface area contributed by atoms with Gasteiger partial charge in [-0.15, -0.1) is 0 Å². The van der Waals surface area contributed by atoms with Gasteiger partial charge in [0.15, 0.2) is 0 Å². The second kappa shape index (κ2) is 4.39. The number of sulfonamides is 1. The first kappa shape index (κ1) is 11.6. The lowest BCUT2D eigenvalue weighted by Gasteiger charge is -2.03. The lowest BCUT2D eigenvalue weighted by Crippen LogP contribution is -2.19. The number of ether oxygens (including phenoxy) is 1. The van der Waals surface area contributed by atoms with E-state index in [-0.39, 0.29) is 17.2 Å². The molecule has 7 heteroatoms. The summed E-state index contributed by atoms with van der Waals surface area (Å²) in [5.74, 6) is -0.379. The van der Waals surface area contributed by atoms with Gasteiger partial charge in [0.05, 0.1) is 11.4 Å². The second-order valence-electron chi connectivity index (χ2n) is 2.69. The molecule has 15 heavy (non-hydrogen) atoms. The molecule has 0 spiro atoms. The number of carbonyl (C=O) groups excluding carboxylic acids is 1. The van der Waals surface area contributed by atoms with Crippen molar-refractivity contribution in [2.24, 2.45) is 10.9 Å². The van der Waals surface area contributed by atoms with Gasteiger partial charge in [-0.3, -0.25) is 4.79 Å². The predicted molar refractivity (Wildman–Crippen MR) is 52.5 cm³/mol. The van der Waals surface area contributed by atoms with Gasteiger partial charge in [0, 0.05) is 0 Å². The van der Waals surface area contributed by atoms with Crippen molar-refractivity contribution in [1.29, 1.82) is 0 Å². The summed E-state index contributed by atoms with van der Waals surface area (Å²) in [5, 5.41) is 4.88. The Morgan fingerprint density at radius 1 is 1.27 bits per heavy atom. The Hall–Kier alpha value is -1.44. The number of nitrogens with two attached hydrogens (primary N) is 2. The van der Waals surface area contributed by atoms with Gasteiger partial charge < -0.3 is 10.5 Å². The van der Waals surface area contributed by atoms with E-state index >= 15 is 0 Å². The van der Waals surface area contributed by atoms with Crippen LogP contribution in [-0.2, 0) is 14.8 Å². The van der Waals surface area contributed by atoms with E-state index in [2.05, 4.69) is 0 Å². The Labute approximate surface area is 86.9 Å². The maximum absolute atomic E-state index is 10.9. The number of hydrogen-bond acceptors (Lipinski definition) is 5. The van der Waals surface area contributed by atoms with E-state index in [0.29, 0.717) is 0 Å². The average molecular weight is 230 g/mol. The molecule has 1 aromatic rings. The number of carbonyl (C=O) groups is 1. The number of esters is 1. The van der Waals surface area contributed by atoms with E-state index in [1.165, 1.54) is 24.3 Å². The SMILES string of the molecule is NCC(=O)Oc1ccc(S(N)(=O)=O)cc1. The summed E-state index contributed by atoms with van der Waals surface area (Å²) in [6.07, 6.45) is 0. The first-order chi connectivity index (χ1) is 6.93. The third kappa shape index (κ3) is 3.31. The maximum atomic E-state index is 10.9. The normalized spacial score (nSPS) is 11.1. The first-order valence-electron chi connectivity index (χ1n) is 3.97. The van der Waals surface area contributed by atoms with Crippen LogP contribution in [0.2, 0.25) is 0 Å². The lowest BCUT2D eigenvalue weighted by atomic mass is 10.3. The minimum Gasteiger partial charge on any atom is -0.426 e. The smallest absolute Gasteiger partial charge is 0.325 e. The van der Waals surface area contributed by atoms with Crippen molar-refractivity contribution in [1.82, 2.24) is 0 Å². The van der Waals surface area contributed by atoms with Crippen molar-refractivity contribution in [3.8, 4) is 5.75 Å². The van der Waals surface area contributed by atoms with Crippen molar-refractivity contribution in [3.05, 3.63) is 24.3 Å². The summed E-state index contributed by atoms with van der Waals surface area (Å²) < 4.78 is 26.5. The van der Waals surface area contributed by atoms with Crippen LogP contribution >= 0.6 is 0 Å². The average Bonchev–Trinajstić information content (AvgIpc) is 2.17. The highest BCUT2D eigenvalue weighted by molar-refractivity contribution is 7.89. The van der Waals surface area contributed by atoms with Crippen molar-refractivity contribution < 1.29 is 17.9 Å². The molecule has 0 saturated carbocycles. The molecule has 4 N–H and O–H groups in total. The second-order valence-corrected chi connectivity index (χ2v) is 4.26. The molecule has 0 fully saturated rings. The zero-order valence-electron chi connectivity index (χ0n) is 7.71. The van der Waals surface area contributed by atoms with Crippen LogP contribution in [0, 0.1) is 0 Å². The predicted octanol–water partition coefficient (Wildman–Crippen LogP) is -0.802. The summed E-state index contributed by atoms with van der Waals surface area (Å²) in [7, 11) is -3.72. The third-order valence-electron chi connectivity index (χ3n) is 1.55. The molecular formula is C8H10N2O4S. The van der Waals surface area contributed by atoms with Gasteiger partial charge in [-0.05, 0) is 24.3 Å². The van der Waals surface area contributed by atoms with E-state index in [0.717, 1.165) is 0 Å². The van der Waals surface area contributed by atoms with E-state index in [9.17, 15) is 13.2 Å². The molecule has 1 rings (SSSR count). The van der Waals surface area contributed by atoms with Crippen LogP contribution in [0.15, 0.2) is 29.2 Å². The number of rotatable bonds is 3. The molecule has 0 atom stereocenters. The van der Waals surface area contributed by atoms with Crippen LogP contribution in [0.3, 0.4) is 0 Å². The quantitative estimate of drug-likeness (QED) is 0.521. The Kier molecular flexibility index (Phi) is 3.40. The highest BCUT2D eigenvalue weighted by atomic mass is 32.2. The van der Waals surface area contributed by atoms with Gasteiger partial charge in [0.2, 0.25) is 10.0 Å². The van der Waals surface area contributed by atoms with Crippen molar-refractivity contribution in [2.45, 2.75) is 4.90 Å². The molecule has 0 aliphatic carbocycles. The summed E-state index contributed by atoms with van der Waals surface area (Å²) in [6, 6.07) is 5.14. The molecular weight excluding hydrogens is 220 g/mol. The molecule has 0 aliphatic rings. The van der Waals surface area contributed by atoms with Crippen molar-refractivity contribution in [3.63, 3.8) is 0 Å². The molecule has 1 aromatic carbocycles. The van der Waals surface area contributed by atoms with Crippen molar-refractivity contribution in [2.75, 3.05) is 6.54 Å². The molecule has 0 heterocycles. The van der Waals surface area contributed by atoms with Crippen LogP contribution in [0.5, 0.6) is 5.75 Å². The van der Waals surface area contributed by atoms with Crippen molar-refractivity contribution >= 4 is 16.0 Å². The number of hydrogen-bond donors (Lipinski definition) is 2. The zero-order valence-corrected chi connectivity index (χ0v) is 8.53. The zero-order chi connectivity index (χ0) is 11.5. The molecule has 0 radical (unpaired) electrons. The molecule has 0 aromatic heterocycles. The van der Waals surface area contributed by atoms with Crippen LogP contribution in [0.4, 0.5) is 0 Å². The van der Waals surface area contributed by atoms with E-state index in [1.807, 2.05) is 0 Å². The molecule has 0 aliphatic heterocycles. The van der Waals surface area contributed by atoms with Gasteiger partial charge in [0.25, 0.3) is 0 Å². The van der Waals surface area contributed by atoms with Crippen LogP contribution < -0.4 is 15.6 Å². The topological polar surface area (TPSA) is 112 Å². The Balaban J connectivity index is 2.86. The highest BCUT2D eigenvalue weighted by Crippen LogP contribution is 2.14. The van der Waals surface area contributed by atoms with Gasteiger partial charge in [0.1, 0.15) is 5.75 Å². The summed E-state index contributed by atoms with van der Waals surface area (Å²) in [6.45, 7) is -0.239. The molecule has 0 unspecified atom stereocenters. The summed E-state index contributed by atoms with van der Waals surface area (Å²) >= 11 is 0. The minimum absolute atomic E-state index is 0.0463. The number of benzene rings is 1. The monoisotopic (exact) mass is 230 g/mol. The maximum Gasteiger partial charge on any atom is 0.325 e. The molecule has 0 bridgehead atoms. The fraction of sp³-hybridized carbons (Fsp3) is 0.125. The van der Waals surface area contributed by atoms with E-state index < -0.39 is 16.0 Å². The first-order valence-corrected chi connectivity index (χ1v) is 5.52. The van der Waals surface area contributed by atoms with Gasteiger partial charge >= 0.3 is 5.97 Å². The van der Waals surface area contributed by atoms with Gasteiger partial charge in [-0.1, -0.05) is 0 Å². The van der Waals surface area contributed by atoms with E-state index in [1.54, 1.807) is 0 Å². The molecule has 82 valence electrons. The molecule has 0 saturated heterocycles. The Bertz CT molecular complexity index is 452. The summed E-state index contributed by atoms with van der Waals surface area (Å²) in [4.78, 5) is 10.7. The Morgan fingerprint density at radius 2 is 1.80 bits per heavy atom. The van der Waals surface area contributed by atoms with Gasteiger partial charge in [-0.25, -0.2) is 13.6 Å². The van der Waals surface area contributed by atoms with Crippen LogP contribution in [0.25, 0.3) is 0 Å². The molecule has 6 nitrogen and oxygen atoms in total. The molecule has 0 amide bonds. The standard InChI is InChI=1S/C8H10N2O4S/c9-5-8(11)14-6-1-3-7(4-2-6)15(10,12)13/h1-4H,5,9H2,(H2,10,12,13). The largest absolute Gasteiger partial charge is 0.426 e.